The zero-order valence-electron chi connectivity index (χ0n) is 13.9. The normalized spacial score (nSPS) is 20.7. The number of hydrogen-bond donors (Lipinski definition) is 1. The highest BCUT2D eigenvalue weighted by Gasteiger charge is 2.46. The molecule has 3 nitrogen and oxygen atoms in total. The molecule has 1 aliphatic heterocycles. The number of terminal acetylenes is 1. The molecule has 1 heterocycles. The predicted molar refractivity (Wildman–Crippen MR) is 95.7 cm³/mol. The van der Waals surface area contributed by atoms with Crippen LogP contribution in [0.5, 0.6) is 0 Å². The molecule has 0 aromatic heterocycles. The number of nitrogens with one attached hydrogen (secondary N) is 1. The molecule has 0 amide bonds. The summed E-state index contributed by atoms with van der Waals surface area (Å²) in [6.07, 6.45) is 6.27. The fourth-order valence-corrected chi connectivity index (χ4v) is 3.62. The van der Waals surface area contributed by atoms with Crippen LogP contribution in [0.15, 0.2) is 60.7 Å². The van der Waals surface area contributed by atoms with E-state index in [1.165, 1.54) is 0 Å². The van der Waals surface area contributed by atoms with E-state index in [-0.39, 0.29) is 12.1 Å². The van der Waals surface area contributed by atoms with Crippen LogP contribution in [0.4, 0.5) is 0 Å². The summed E-state index contributed by atoms with van der Waals surface area (Å²) in [6.45, 7) is 1.12. The summed E-state index contributed by atoms with van der Waals surface area (Å²) in [5, 5.41) is 3.59. The van der Waals surface area contributed by atoms with E-state index < -0.39 is 5.60 Å². The summed E-state index contributed by atoms with van der Waals surface area (Å²) in [5.41, 5.74) is 1.71. The number of rotatable bonds is 6. The van der Waals surface area contributed by atoms with E-state index in [0.29, 0.717) is 6.61 Å². The Labute approximate surface area is 144 Å². The first kappa shape index (κ1) is 16.7. The van der Waals surface area contributed by atoms with Gasteiger partial charge in [0.15, 0.2) is 0 Å². The van der Waals surface area contributed by atoms with E-state index in [1.54, 1.807) is 7.11 Å². The van der Waals surface area contributed by atoms with Crippen LogP contribution >= 0.6 is 0 Å². The van der Waals surface area contributed by atoms with Crippen LogP contribution in [0.25, 0.3) is 0 Å². The fourth-order valence-electron chi connectivity index (χ4n) is 3.62. The minimum atomic E-state index is -0.559. The second-order valence-corrected chi connectivity index (χ2v) is 6.01. The van der Waals surface area contributed by atoms with E-state index in [2.05, 4.69) is 35.5 Å². The van der Waals surface area contributed by atoms with E-state index >= 15 is 0 Å². The lowest BCUT2D eigenvalue weighted by Crippen LogP contribution is -2.47. The van der Waals surface area contributed by atoms with Gasteiger partial charge in [-0.25, -0.2) is 0 Å². The Morgan fingerprint density at radius 1 is 1.08 bits per heavy atom. The molecule has 1 N–H and O–H groups in total. The van der Waals surface area contributed by atoms with Crippen molar-refractivity contribution in [2.75, 3.05) is 20.3 Å². The zero-order chi connectivity index (χ0) is 16.8. The Kier molecular flexibility index (Phi) is 5.32. The second kappa shape index (κ2) is 7.63. The highest BCUT2D eigenvalue weighted by Crippen LogP contribution is 2.40. The third kappa shape index (κ3) is 3.09. The van der Waals surface area contributed by atoms with Crippen molar-refractivity contribution in [2.24, 2.45) is 0 Å². The topological polar surface area (TPSA) is 30.5 Å². The van der Waals surface area contributed by atoms with Gasteiger partial charge in [0.1, 0.15) is 12.2 Å². The van der Waals surface area contributed by atoms with Gasteiger partial charge in [-0.1, -0.05) is 66.6 Å². The van der Waals surface area contributed by atoms with Gasteiger partial charge in [0.2, 0.25) is 0 Å². The fraction of sp³-hybridized carbons (Fsp3) is 0.333. The number of ether oxygens (including phenoxy) is 2. The first-order valence-electron chi connectivity index (χ1n) is 8.26. The van der Waals surface area contributed by atoms with Crippen molar-refractivity contribution in [3.63, 3.8) is 0 Å². The van der Waals surface area contributed by atoms with Gasteiger partial charge < -0.3 is 14.8 Å². The summed E-state index contributed by atoms with van der Waals surface area (Å²) in [6, 6.07) is 20.8. The minimum Gasteiger partial charge on any atom is -0.367 e. The standard InChI is InChI=1S/C21H23NO2/c1-3-14-24-19-15-20(22-16-19)21(23-2,17-10-6-4-7-11-17)18-12-8-5-9-13-18/h1,4-13,19-20,22H,14-16H2,2H3/t19-,20+/m1/s1. The molecular weight excluding hydrogens is 298 g/mol. The Morgan fingerprint density at radius 2 is 1.67 bits per heavy atom. The summed E-state index contributed by atoms with van der Waals surface area (Å²) >= 11 is 0. The summed E-state index contributed by atoms with van der Waals surface area (Å²) in [7, 11) is 1.78. The molecule has 0 radical (unpaired) electrons. The molecule has 2 aromatic rings. The molecule has 3 heteroatoms. The lowest BCUT2D eigenvalue weighted by Gasteiger charge is -2.39. The summed E-state index contributed by atoms with van der Waals surface area (Å²) in [5.74, 6) is 2.54. The van der Waals surface area contributed by atoms with E-state index in [4.69, 9.17) is 15.9 Å². The van der Waals surface area contributed by atoms with Gasteiger partial charge in [-0.3, -0.25) is 0 Å². The number of methoxy groups -OCH3 is 1. The van der Waals surface area contributed by atoms with Gasteiger partial charge in [-0.2, -0.15) is 0 Å². The van der Waals surface area contributed by atoms with Gasteiger partial charge >= 0.3 is 0 Å². The SMILES string of the molecule is C#CCO[C@H]1CN[C@H](C(OC)(c2ccccc2)c2ccccc2)C1. The molecule has 1 aliphatic rings. The quantitative estimate of drug-likeness (QED) is 0.830. The second-order valence-electron chi connectivity index (χ2n) is 6.01. The Bertz CT molecular complexity index is 638. The molecule has 0 spiro atoms. The monoisotopic (exact) mass is 321 g/mol. The molecule has 1 saturated heterocycles. The van der Waals surface area contributed by atoms with Crippen LogP contribution in [0.1, 0.15) is 17.5 Å². The van der Waals surface area contributed by atoms with E-state index in [1.807, 2.05) is 36.4 Å². The van der Waals surface area contributed by atoms with Crippen molar-refractivity contribution >= 4 is 0 Å². The molecule has 124 valence electrons. The van der Waals surface area contributed by atoms with Crippen molar-refractivity contribution in [1.29, 1.82) is 0 Å². The highest BCUT2D eigenvalue weighted by atomic mass is 16.5. The molecule has 2 atom stereocenters. The summed E-state index contributed by atoms with van der Waals surface area (Å²) < 4.78 is 11.9. The lowest BCUT2D eigenvalue weighted by atomic mass is 9.79. The minimum absolute atomic E-state index is 0.105. The maximum absolute atomic E-state index is 6.19. The zero-order valence-corrected chi connectivity index (χ0v) is 13.9. The van der Waals surface area contributed by atoms with Crippen LogP contribution in [-0.4, -0.2) is 32.4 Å². The van der Waals surface area contributed by atoms with Crippen LogP contribution in [0.3, 0.4) is 0 Å². The first-order chi connectivity index (χ1) is 11.8. The number of benzene rings is 2. The first-order valence-corrected chi connectivity index (χ1v) is 8.26. The average Bonchev–Trinajstić information content (AvgIpc) is 3.12. The predicted octanol–water partition coefficient (Wildman–Crippen LogP) is 2.96. The maximum atomic E-state index is 6.19. The Hall–Kier alpha value is -2.12. The molecule has 0 unspecified atom stereocenters. The average molecular weight is 321 g/mol. The smallest absolute Gasteiger partial charge is 0.133 e. The molecule has 2 aromatic carbocycles. The molecule has 1 fully saturated rings. The van der Waals surface area contributed by atoms with E-state index in [9.17, 15) is 0 Å². The highest BCUT2D eigenvalue weighted by molar-refractivity contribution is 5.39. The largest absolute Gasteiger partial charge is 0.367 e. The molecule has 0 saturated carbocycles. The van der Waals surface area contributed by atoms with Crippen LogP contribution in [-0.2, 0) is 15.1 Å². The number of hydrogen-bond acceptors (Lipinski definition) is 3. The third-order valence-electron chi connectivity index (χ3n) is 4.71. The van der Waals surface area contributed by atoms with Gasteiger partial charge in [0.25, 0.3) is 0 Å². The third-order valence-corrected chi connectivity index (χ3v) is 4.71. The molecule has 0 aliphatic carbocycles. The molecule has 24 heavy (non-hydrogen) atoms. The van der Waals surface area contributed by atoms with Crippen LogP contribution in [0.2, 0.25) is 0 Å². The van der Waals surface area contributed by atoms with Gasteiger partial charge in [0.05, 0.1) is 6.10 Å². The van der Waals surface area contributed by atoms with Gasteiger partial charge in [-0.15, -0.1) is 6.42 Å². The van der Waals surface area contributed by atoms with Crippen molar-refractivity contribution in [1.82, 2.24) is 5.32 Å². The van der Waals surface area contributed by atoms with Crippen LogP contribution in [0, 0.1) is 12.3 Å². The van der Waals surface area contributed by atoms with Gasteiger partial charge in [0, 0.05) is 19.7 Å². The summed E-state index contributed by atoms with van der Waals surface area (Å²) in [4.78, 5) is 0. The lowest BCUT2D eigenvalue weighted by molar-refractivity contribution is -0.0114. The molecule has 0 bridgehead atoms. The van der Waals surface area contributed by atoms with Crippen LogP contribution < -0.4 is 5.32 Å². The van der Waals surface area contributed by atoms with Crippen molar-refractivity contribution in [3.05, 3.63) is 71.8 Å². The van der Waals surface area contributed by atoms with Crippen molar-refractivity contribution < 1.29 is 9.47 Å². The molecular formula is C21H23NO2. The maximum Gasteiger partial charge on any atom is 0.133 e. The van der Waals surface area contributed by atoms with Crippen molar-refractivity contribution in [2.45, 2.75) is 24.2 Å². The Morgan fingerprint density at radius 3 is 2.17 bits per heavy atom. The van der Waals surface area contributed by atoms with Crippen molar-refractivity contribution in [3.8, 4) is 12.3 Å². The van der Waals surface area contributed by atoms with Gasteiger partial charge in [-0.05, 0) is 17.5 Å². The van der Waals surface area contributed by atoms with E-state index in [0.717, 1.165) is 24.1 Å². The molecule has 3 rings (SSSR count). The Balaban J connectivity index is 1.99.